The molecule has 24 heavy (non-hydrogen) atoms. The average Bonchev–Trinajstić information content (AvgIpc) is 3.14. The van der Waals surface area contributed by atoms with E-state index in [9.17, 15) is 4.79 Å². The van der Waals surface area contributed by atoms with Crippen molar-refractivity contribution in [2.75, 3.05) is 0 Å². The topological polar surface area (TPSA) is 45.8 Å². The van der Waals surface area contributed by atoms with Crippen LogP contribution in [0.15, 0.2) is 71.9 Å². The van der Waals surface area contributed by atoms with Crippen molar-refractivity contribution in [2.45, 2.75) is 13.3 Å². The van der Waals surface area contributed by atoms with E-state index in [1.807, 2.05) is 55.5 Å². The van der Waals surface area contributed by atoms with Crippen LogP contribution in [0.2, 0.25) is 5.02 Å². The molecule has 120 valence electrons. The molecular formula is C20H17ClN2O. The normalized spacial score (nSPS) is 16.6. The zero-order valence-electron chi connectivity index (χ0n) is 13.3. The number of ketones is 1. The molecule has 0 saturated heterocycles. The van der Waals surface area contributed by atoms with Crippen LogP contribution in [0.4, 0.5) is 0 Å². The number of allylic oxidation sites excluding steroid dienone is 6. The summed E-state index contributed by atoms with van der Waals surface area (Å²) in [5.41, 5.74) is 5.00. The zero-order valence-corrected chi connectivity index (χ0v) is 14.1. The molecule has 1 heterocycles. The number of H-pyrrole nitrogens is 1. The summed E-state index contributed by atoms with van der Waals surface area (Å²) in [4.78, 5) is 12.5. The maximum absolute atomic E-state index is 12.5. The number of aromatic nitrogens is 2. The molecule has 0 aliphatic heterocycles. The molecule has 0 saturated carbocycles. The predicted molar refractivity (Wildman–Crippen MR) is 98.7 cm³/mol. The van der Waals surface area contributed by atoms with Crippen LogP contribution in [0.25, 0.3) is 17.3 Å². The molecule has 1 aliphatic carbocycles. The molecule has 4 heteroatoms. The number of carbonyl (C=O) groups excluding carboxylic acids is 1. The Bertz CT molecular complexity index is 883. The van der Waals surface area contributed by atoms with Gasteiger partial charge in [0.1, 0.15) is 0 Å². The van der Waals surface area contributed by atoms with Gasteiger partial charge in [-0.2, -0.15) is 5.10 Å². The number of hydrogen-bond donors (Lipinski definition) is 1. The fourth-order valence-corrected chi connectivity index (χ4v) is 2.88. The van der Waals surface area contributed by atoms with E-state index in [4.69, 9.17) is 11.6 Å². The second kappa shape index (κ2) is 6.85. The summed E-state index contributed by atoms with van der Waals surface area (Å²) in [7, 11) is 0. The zero-order chi connectivity index (χ0) is 17.1. The third-order valence-corrected chi connectivity index (χ3v) is 4.15. The smallest absolute Gasteiger partial charge is 0.189 e. The van der Waals surface area contributed by atoms with Crippen molar-refractivity contribution in [2.24, 2.45) is 0 Å². The first-order valence-corrected chi connectivity index (χ1v) is 8.05. The Labute approximate surface area is 146 Å². The number of aromatic amines is 1. The number of nitrogens with zero attached hydrogens (tertiary/aromatic N) is 1. The fraction of sp³-hybridized carbons (Fsp3) is 0.100. The minimum Gasteiger partial charge on any atom is -0.289 e. The van der Waals surface area contributed by atoms with Gasteiger partial charge in [-0.25, -0.2) is 0 Å². The van der Waals surface area contributed by atoms with E-state index in [1.54, 1.807) is 6.08 Å². The van der Waals surface area contributed by atoms with Crippen LogP contribution in [0.5, 0.6) is 0 Å². The molecule has 0 atom stereocenters. The maximum Gasteiger partial charge on any atom is 0.189 e. The summed E-state index contributed by atoms with van der Waals surface area (Å²) in [6, 6.07) is 9.40. The van der Waals surface area contributed by atoms with Crippen LogP contribution in [-0.2, 0) is 4.79 Å². The van der Waals surface area contributed by atoms with Gasteiger partial charge in [0.15, 0.2) is 5.78 Å². The van der Waals surface area contributed by atoms with Crippen molar-refractivity contribution in [3.8, 4) is 11.3 Å². The SMILES string of the molecule is C=CC1=C(/C=C\C)C/C(=C\c2cc(-c3ccc(Cl)cc3)n[nH]2)C1=O. The van der Waals surface area contributed by atoms with Crippen molar-refractivity contribution >= 4 is 23.5 Å². The Hall–Kier alpha value is -2.65. The van der Waals surface area contributed by atoms with Crippen LogP contribution in [-0.4, -0.2) is 16.0 Å². The molecule has 0 spiro atoms. The summed E-state index contributed by atoms with van der Waals surface area (Å²) >= 11 is 5.91. The van der Waals surface area contributed by atoms with E-state index < -0.39 is 0 Å². The number of benzene rings is 1. The molecule has 0 unspecified atom stereocenters. The van der Waals surface area contributed by atoms with Gasteiger partial charge >= 0.3 is 0 Å². The van der Waals surface area contributed by atoms with E-state index in [-0.39, 0.29) is 5.78 Å². The van der Waals surface area contributed by atoms with E-state index in [0.29, 0.717) is 17.0 Å². The number of rotatable bonds is 4. The van der Waals surface area contributed by atoms with Gasteiger partial charge in [-0.3, -0.25) is 9.89 Å². The molecule has 1 aliphatic rings. The standard InChI is InChI=1S/C20H17ClN2O/c1-3-5-14-10-15(20(24)18(14)4-2)11-17-12-19(23-22-17)13-6-8-16(21)9-7-13/h3-9,11-12H,2,10H2,1H3,(H,22,23)/b5-3-,15-11+. The third kappa shape index (κ3) is 3.17. The number of carbonyl (C=O) groups is 1. The fourth-order valence-electron chi connectivity index (χ4n) is 2.76. The quantitative estimate of drug-likeness (QED) is 0.785. The Morgan fingerprint density at radius 3 is 2.71 bits per heavy atom. The Morgan fingerprint density at radius 1 is 1.29 bits per heavy atom. The number of Topliss-reactive ketones (excluding diaryl/α,β-unsaturated/α-hetero) is 1. The lowest BCUT2D eigenvalue weighted by Crippen LogP contribution is -1.96. The predicted octanol–water partition coefficient (Wildman–Crippen LogP) is 5.15. The molecule has 0 radical (unpaired) electrons. The van der Waals surface area contributed by atoms with E-state index in [1.165, 1.54) is 0 Å². The van der Waals surface area contributed by atoms with Crippen molar-refractivity contribution in [1.82, 2.24) is 10.2 Å². The highest BCUT2D eigenvalue weighted by atomic mass is 35.5. The lowest BCUT2D eigenvalue weighted by atomic mass is 10.1. The second-order valence-corrected chi connectivity index (χ2v) is 5.97. The Balaban J connectivity index is 1.87. The summed E-state index contributed by atoms with van der Waals surface area (Å²) < 4.78 is 0. The van der Waals surface area contributed by atoms with Crippen LogP contribution in [0.1, 0.15) is 19.0 Å². The number of halogens is 1. The molecule has 1 N–H and O–H groups in total. The minimum absolute atomic E-state index is 0.0285. The van der Waals surface area contributed by atoms with Crippen molar-refractivity contribution in [3.05, 3.63) is 82.6 Å². The maximum atomic E-state index is 12.5. The van der Waals surface area contributed by atoms with E-state index in [2.05, 4.69) is 16.8 Å². The summed E-state index contributed by atoms with van der Waals surface area (Å²) in [6.07, 6.45) is 7.99. The monoisotopic (exact) mass is 336 g/mol. The molecule has 3 nitrogen and oxygen atoms in total. The van der Waals surface area contributed by atoms with Gasteiger partial charge in [0.25, 0.3) is 0 Å². The van der Waals surface area contributed by atoms with Gasteiger partial charge in [0.2, 0.25) is 0 Å². The van der Waals surface area contributed by atoms with Gasteiger partial charge in [0, 0.05) is 28.2 Å². The van der Waals surface area contributed by atoms with Crippen LogP contribution in [0, 0.1) is 0 Å². The molecule has 3 rings (SSSR count). The van der Waals surface area contributed by atoms with Gasteiger partial charge in [0.05, 0.1) is 11.4 Å². The molecule has 1 aromatic carbocycles. The second-order valence-electron chi connectivity index (χ2n) is 5.53. The van der Waals surface area contributed by atoms with Crippen LogP contribution < -0.4 is 0 Å². The third-order valence-electron chi connectivity index (χ3n) is 3.90. The summed E-state index contributed by atoms with van der Waals surface area (Å²) in [6.45, 7) is 5.68. The molecule has 0 fully saturated rings. The minimum atomic E-state index is 0.0285. The van der Waals surface area contributed by atoms with Gasteiger partial charge in [-0.15, -0.1) is 0 Å². The van der Waals surface area contributed by atoms with E-state index in [0.717, 1.165) is 28.1 Å². The first-order chi connectivity index (χ1) is 11.6. The highest BCUT2D eigenvalue weighted by Crippen LogP contribution is 2.31. The summed E-state index contributed by atoms with van der Waals surface area (Å²) in [5, 5.41) is 7.97. The highest BCUT2D eigenvalue weighted by molar-refractivity contribution is 6.30. The number of hydrogen-bond acceptors (Lipinski definition) is 2. The molecule has 0 bridgehead atoms. The van der Waals surface area contributed by atoms with Crippen LogP contribution in [0.3, 0.4) is 0 Å². The Morgan fingerprint density at radius 2 is 2.04 bits per heavy atom. The van der Waals surface area contributed by atoms with Gasteiger partial charge in [-0.1, -0.05) is 48.5 Å². The average molecular weight is 337 g/mol. The first-order valence-electron chi connectivity index (χ1n) is 7.67. The Kier molecular flexibility index (Phi) is 4.63. The molecule has 1 aromatic heterocycles. The first kappa shape index (κ1) is 16.2. The summed E-state index contributed by atoms with van der Waals surface area (Å²) in [5.74, 6) is 0.0285. The highest BCUT2D eigenvalue weighted by Gasteiger charge is 2.24. The van der Waals surface area contributed by atoms with Crippen molar-refractivity contribution in [3.63, 3.8) is 0 Å². The van der Waals surface area contributed by atoms with Crippen molar-refractivity contribution < 1.29 is 4.79 Å². The van der Waals surface area contributed by atoms with Gasteiger partial charge in [-0.05, 0) is 36.8 Å². The van der Waals surface area contributed by atoms with Crippen molar-refractivity contribution in [1.29, 1.82) is 0 Å². The van der Waals surface area contributed by atoms with Gasteiger partial charge < -0.3 is 0 Å². The lowest BCUT2D eigenvalue weighted by molar-refractivity contribution is -0.111. The largest absolute Gasteiger partial charge is 0.289 e. The molecule has 0 amide bonds. The number of nitrogens with one attached hydrogen (secondary N) is 1. The molecular weight excluding hydrogens is 320 g/mol. The van der Waals surface area contributed by atoms with Crippen LogP contribution >= 0.6 is 11.6 Å². The lowest BCUT2D eigenvalue weighted by Gasteiger charge is -1.95. The van der Waals surface area contributed by atoms with E-state index >= 15 is 0 Å². The molecule has 2 aromatic rings.